The van der Waals surface area contributed by atoms with Gasteiger partial charge in [-0.1, -0.05) is 31.2 Å². The Bertz CT molecular complexity index is 1120. The second-order valence-electron chi connectivity index (χ2n) is 9.23. The van der Waals surface area contributed by atoms with Gasteiger partial charge in [0.2, 0.25) is 0 Å². The van der Waals surface area contributed by atoms with Crippen molar-refractivity contribution in [2.24, 2.45) is 5.92 Å². The smallest absolute Gasteiger partial charge is 0.255 e. The van der Waals surface area contributed by atoms with Crippen molar-refractivity contribution < 1.29 is 19.0 Å². The highest BCUT2D eigenvalue weighted by molar-refractivity contribution is 5.98. The molecule has 0 aromatic heterocycles. The first-order valence-corrected chi connectivity index (χ1v) is 12.0. The maximum Gasteiger partial charge on any atom is 0.255 e. The van der Waals surface area contributed by atoms with E-state index in [1.807, 2.05) is 24.4 Å². The molecule has 0 spiro atoms. The van der Waals surface area contributed by atoms with Crippen LogP contribution in [0.25, 0.3) is 5.57 Å². The molecule has 4 aliphatic heterocycles. The lowest BCUT2D eigenvalue weighted by Gasteiger charge is -2.39. The van der Waals surface area contributed by atoms with E-state index in [2.05, 4.69) is 36.1 Å². The molecular weight excluding hydrogens is 428 g/mol. The van der Waals surface area contributed by atoms with Gasteiger partial charge in [0.25, 0.3) is 5.91 Å². The monoisotopic (exact) mass is 460 g/mol. The molecule has 1 aromatic rings. The van der Waals surface area contributed by atoms with E-state index in [1.165, 1.54) is 5.57 Å². The van der Waals surface area contributed by atoms with Crippen molar-refractivity contribution in [3.63, 3.8) is 0 Å². The standard InChI is InChI=1S/C28H32N2O4/c1-19-4-7-23-8-5-22(20-10-12-29(13-11-20)24-17-34-18-24)16-30(23)28(31)15-25(19)21-6-9-26(32-2)27(14-21)33-3/h5-10,14-16,19,24H,4,11-13,17-18H2,1-3H3. The van der Waals surface area contributed by atoms with Crippen LogP contribution in [0, 0.1) is 5.92 Å². The summed E-state index contributed by atoms with van der Waals surface area (Å²) >= 11 is 0. The van der Waals surface area contributed by atoms with Crippen LogP contribution in [-0.4, -0.2) is 62.3 Å². The molecule has 0 bridgehead atoms. The third-order valence-electron chi connectivity index (χ3n) is 7.17. The Morgan fingerprint density at radius 1 is 1.06 bits per heavy atom. The lowest BCUT2D eigenvalue weighted by Crippen LogP contribution is -2.50. The molecule has 6 heteroatoms. The highest BCUT2D eigenvalue weighted by atomic mass is 16.5. The molecule has 34 heavy (non-hydrogen) atoms. The summed E-state index contributed by atoms with van der Waals surface area (Å²) in [6, 6.07) is 6.39. The van der Waals surface area contributed by atoms with E-state index < -0.39 is 0 Å². The summed E-state index contributed by atoms with van der Waals surface area (Å²) < 4.78 is 16.2. The summed E-state index contributed by atoms with van der Waals surface area (Å²) in [4.78, 5) is 17.7. The summed E-state index contributed by atoms with van der Waals surface area (Å²) in [5.41, 5.74) is 5.33. The lowest BCUT2D eigenvalue weighted by molar-refractivity contribution is -0.122. The Morgan fingerprint density at radius 3 is 2.56 bits per heavy atom. The molecule has 5 rings (SSSR count). The van der Waals surface area contributed by atoms with Crippen molar-refractivity contribution >= 4 is 11.5 Å². The van der Waals surface area contributed by atoms with E-state index in [1.54, 1.807) is 25.2 Å². The summed E-state index contributed by atoms with van der Waals surface area (Å²) in [5.74, 6) is 1.50. The minimum Gasteiger partial charge on any atom is -0.493 e. The van der Waals surface area contributed by atoms with Gasteiger partial charge in [-0.3, -0.25) is 14.6 Å². The van der Waals surface area contributed by atoms with Crippen LogP contribution in [0.4, 0.5) is 0 Å². The normalized spacial score (nSPS) is 23.6. The van der Waals surface area contributed by atoms with Gasteiger partial charge in [-0.15, -0.1) is 0 Å². The molecule has 4 aliphatic rings. The number of carbonyl (C=O) groups excluding carboxylic acids is 1. The Hall–Kier alpha value is -3.09. The third kappa shape index (κ3) is 4.36. The molecule has 0 radical (unpaired) electrons. The minimum atomic E-state index is -0.0333. The first kappa shape index (κ1) is 22.7. The zero-order valence-corrected chi connectivity index (χ0v) is 20.1. The molecule has 4 heterocycles. The van der Waals surface area contributed by atoms with Gasteiger partial charge in [0.05, 0.1) is 33.5 Å². The average molecular weight is 461 g/mol. The molecule has 1 saturated heterocycles. The highest BCUT2D eigenvalue weighted by Crippen LogP contribution is 2.36. The quantitative estimate of drug-likeness (QED) is 0.655. The number of methoxy groups -OCH3 is 2. The third-order valence-corrected chi connectivity index (χ3v) is 7.17. The number of fused-ring (bicyclic) bond motifs is 1. The van der Waals surface area contributed by atoms with Gasteiger partial charge in [-0.2, -0.15) is 0 Å². The number of nitrogens with zero attached hydrogens (tertiary/aromatic N) is 2. The number of hydrogen-bond acceptors (Lipinski definition) is 5. The first-order valence-electron chi connectivity index (χ1n) is 12.0. The van der Waals surface area contributed by atoms with Gasteiger partial charge in [0.15, 0.2) is 11.5 Å². The van der Waals surface area contributed by atoms with Gasteiger partial charge in [-0.05, 0) is 59.3 Å². The molecule has 1 amide bonds. The number of hydrogen-bond donors (Lipinski definition) is 0. The summed E-state index contributed by atoms with van der Waals surface area (Å²) in [7, 11) is 3.25. The Kier molecular flexibility index (Phi) is 6.44. The summed E-state index contributed by atoms with van der Waals surface area (Å²) in [6.45, 7) is 5.81. The predicted molar refractivity (Wildman–Crippen MR) is 132 cm³/mol. The van der Waals surface area contributed by atoms with E-state index in [-0.39, 0.29) is 11.8 Å². The minimum absolute atomic E-state index is 0.0333. The molecule has 1 aromatic carbocycles. The molecular formula is C28H32N2O4. The number of rotatable bonds is 5. The van der Waals surface area contributed by atoms with Crippen LogP contribution in [0.1, 0.15) is 25.3 Å². The van der Waals surface area contributed by atoms with Crippen molar-refractivity contribution in [1.82, 2.24) is 9.80 Å². The summed E-state index contributed by atoms with van der Waals surface area (Å²) in [5, 5.41) is 0. The second-order valence-corrected chi connectivity index (χ2v) is 9.23. The van der Waals surface area contributed by atoms with Gasteiger partial charge in [0.1, 0.15) is 0 Å². The fourth-order valence-electron chi connectivity index (χ4n) is 4.93. The number of amides is 1. The molecule has 1 unspecified atom stereocenters. The molecule has 0 N–H and O–H groups in total. The second kappa shape index (κ2) is 9.65. The topological polar surface area (TPSA) is 51.2 Å². The van der Waals surface area contributed by atoms with E-state index in [0.717, 1.165) is 61.6 Å². The van der Waals surface area contributed by atoms with Crippen molar-refractivity contribution in [2.75, 3.05) is 40.5 Å². The van der Waals surface area contributed by atoms with Crippen LogP contribution in [0.2, 0.25) is 0 Å². The Labute approximate surface area is 201 Å². The van der Waals surface area contributed by atoms with Crippen molar-refractivity contribution in [2.45, 2.75) is 25.8 Å². The SMILES string of the molecule is COc1ccc(C2=CC(=O)N3C=C(C4=CCN(C5COC5)CC4)C=CC3=CCC2C)cc1OC. The van der Waals surface area contributed by atoms with Crippen LogP contribution in [-0.2, 0) is 9.53 Å². The van der Waals surface area contributed by atoms with E-state index in [0.29, 0.717) is 17.5 Å². The molecule has 178 valence electrons. The largest absolute Gasteiger partial charge is 0.493 e. The number of benzene rings is 1. The van der Waals surface area contributed by atoms with Gasteiger partial charge in [0, 0.05) is 31.1 Å². The van der Waals surface area contributed by atoms with Crippen LogP contribution in [0.3, 0.4) is 0 Å². The van der Waals surface area contributed by atoms with Crippen LogP contribution in [0.15, 0.2) is 71.6 Å². The zero-order chi connectivity index (χ0) is 23.7. The molecule has 6 nitrogen and oxygen atoms in total. The first-order chi connectivity index (χ1) is 16.6. The average Bonchev–Trinajstić information content (AvgIpc) is 2.84. The maximum absolute atomic E-state index is 13.5. The Balaban J connectivity index is 1.40. The van der Waals surface area contributed by atoms with Crippen LogP contribution < -0.4 is 9.47 Å². The van der Waals surface area contributed by atoms with Gasteiger partial charge >= 0.3 is 0 Å². The zero-order valence-electron chi connectivity index (χ0n) is 20.1. The molecule has 0 aliphatic carbocycles. The fourth-order valence-corrected chi connectivity index (χ4v) is 4.93. The van der Waals surface area contributed by atoms with E-state index >= 15 is 0 Å². The number of ether oxygens (including phenoxy) is 3. The van der Waals surface area contributed by atoms with Crippen LogP contribution in [0.5, 0.6) is 11.5 Å². The van der Waals surface area contributed by atoms with Crippen molar-refractivity contribution in [1.29, 1.82) is 0 Å². The van der Waals surface area contributed by atoms with E-state index in [4.69, 9.17) is 14.2 Å². The van der Waals surface area contributed by atoms with Crippen molar-refractivity contribution in [3.8, 4) is 11.5 Å². The van der Waals surface area contributed by atoms with Crippen LogP contribution >= 0.6 is 0 Å². The summed E-state index contributed by atoms with van der Waals surface area (Å²) in [6.07, 6.45) is 14.3. The molecule has 0 saturated carbocycles. The van der Waals surface area contributed by atoms with E-state index in [9.17, 15) is 4.79 Å². The number of carbonyl (C=O) groups is 1. The van der Waals surface area contributed by atoms with Crippen molar-refractivity contribution in [3.05, 3.63) is 77.2 Å². The molecule has 1 atom stereocenters. The lowest BCUT2D eigenvalue weighted by atomic mass is 9.88. The molecule has 1 fully saturated rings. The highest BCUT2D eigenvalue weighted by Gasteiger charge is 2.28. The fraction of sp³-hybridized carbons (Fsp3) is 0.393. The Morgan fingerprint density at radius 2 is 1.88 bits per heavy atom. The number of allylic oxidation sites excluding steroid dienone is 5. The maximum atomic E-state index is 13.5. The van der Waals surface area contributed by atoms with Gasteiger partial charge in [-0.25, -0.2) is 0 Å². The predicted octanol–water partition coefficient (Wildman–Crippen LogP) is 4.32. The van der Waals surface area contributed by atoms with Gasteiger partial charge < -0.3 is 14.2 Å².